The van der Waals surface area contributed by atoms with E-state index >= 15 is 0 Å². The van der Waals surface area contributed by atoms with Crippen LogP contribution in [-0.2, 0) is 7.05 Å². The number of aromatic nitrogens is 1. The molecule has 2 nitrogen and oxygen atoms in total. The van der Waals surface area contributed by atoms with E-state index < -0.39 is 0 Å². The molecule has 1 aromatic carbocycles. The van der Waals surface area contributed by atoms with E-state index in [1.54, 1.807) is 0 Å². The molecule has 1 heterocycles. The molecule has 2 aromatic rings. The van der Waals surface area contributed by atoms with Crippen LogP contribution in [0.25, 0.3) is 10.9 Å². The summed E-state index contributed by atoms with van der Waals surface area (Å²) in [5, 5.41) is 10.4. The number of fused-ring (bicyclic) bond motifs is 1. The highest BCUT2D eigenvalue weighted by Gasteiger charge is 2.09. The van der Waals surface area contributed by atoms with E-state index in [1.165, 1.54) is 16.5 Å². The fraction of sp³-hybridized carbons (Fsp3) is 0.333. The van der Waals surface area contributed by atoms with Crippen molar-refractivity contribution in [2.24, 2.45) is 7.05 Å². The lowest BCUT2D eigenvalue weighted by Gasteiger charge is -2.11. The van der Waals surface area contributed by atoms with E-state index in [0.717, 1.165) is 0 Å². The standard InChI is InChI=1S/C12H15NO/c1-9(8-14)11-5-3-4-10-6-7-13(2)12(10)11/h3-7,9,14H,8H2,1-2H3. The molecule has 0 saturated heterocycles. The van der Waals surface area contributed by atoms with Gasteiger partial charge in [0, 0.05) is 25.8 Å². The Bertz CT molecular complexity index is 445. The first-order valence-electron chi connectivity index (χ1n) is 4.89. The number of aryl methyl sites for hydroxylation is 1. The quantitative estimate of drug-likeness (QED) is 0.770. The smallest absolute Gasteiger partial charge is 0.0513 e. The Morgan fingerprint density at radius 1 is 1.36 bits per heavy atom. The van der Waals surface area contributed by atoms with Gasteiger partial charge in [-0.3, -0.25) is 0 Å². The summed E-state index contributed by atoms with van der Waals surface area (Å²) in [4.78, 5) is 0. The van der Waals surface area contributed by atoms with Crippen LogP contribution < -0.4 is 0 Å². The Hall–Kier alpha value is -1.28. The average molecular weight is 189 g/mol. The molecule has 1 atom stereocenters. The van der Waals surface area contributed by atoms with Gasteiger partial charge in [0.2, 0.25) is 0 Å². The van der Waals surface area contributed by atoms with Gasteiger partial charge in [0.25, 0.3) is 0 Å². The Kier molecular flexibility index (Phi) is 2.30. The SMILES string of the molecule is CC(CO)c1cccc2ccn(C)c12. The van der Waals surface area contributed by atoms with Gasteiger partial charge < -0.3 is 9.67 Å². The molecule has 0 saturated carbocycles. The molecule has 2 rings (SSSR count). The van der Waals surface area contributed by atoms with Crippen molar-refractivity contribution < 1.29 is 5.11 Å². The van der Waals surface area contributed by atoms with Gasteiger partial charge in [0.1, 0.15) is 0 Å². The van der Waals surface area contributed by atoms with Crippen molar-refractivity contribution in [2.75, 3.05) is 6.61 Å². The second-order valence-electron chi connectivity index (χ2n) is 3.80. The fourth-order valence-corrected chi connectivity index (χ4v) is 1.88. The molecule has 0 aliphatic carbocycles. The third-order valence-corrected chi connectivity index (χ3v) is 2.73. The molecule has 0 bridgehead atoms. The zero-order valence-corrected chi connectivity index (χ0v) is 8.57. The summed E-state index contributed by atoms with van der Waals surface area (Å²) >= 11 is 0. The second kappa shape index (κ2) is 3.46. The van der Waals surface area contributed by atoms with Crippen LogP contribution in [0, 0.1) is 0 Å². The summed E-state index contributed by atoms with van der Waals surface area (Å²) in [5.41, 5.74) is 2.45. The maximum absolute atomic E-state index is 9.17. The number of aliphatic hydroxyl groups excluding tert-OH is 1. The number of hydrogen-bond donors (Lipinski definition) is 1. The largest absolute Gasteiger partial charge is 0.396 e. The van der Waals surface area contributed by atoms with E-state index in [-0.39, 0.29) is 12.5 Å². The monoisotopic (exact) mass is 189 g/mol. The van der Waals surface area contributed by atoms with Gasteiger partial charge in [-0.1, -0.05) is 25.1 Å². The molecule has 0 spiro atoms. The highest BCUT2D eigenvalue weighted by Crippen LogP contribution is 2.25. The summed E-state index contributed by atoms with van der Waals surface area (Å²) in [5.74, 6) is 0.201. The average Bonchev–Trinajstić information content (AvgIpc) is 2.59. The van der Waals surface area contributed by atoms with Gasteiger partial charge in [-0.15, -0.1) is 0 Å². The van der Waals surface area contributed by atoms with Crippen molar-refractivity contribution in [1.82, 2.24) is 4.57 Å². The molecule has 0 aliphatic heterocycles. The van der Waals surface area contributed by atoms with Crippen LogP contribution in [0.4, 0.5) is 0 Å². The molecule has 0 amide bonds. The minimum Gasteiger partial charge on any atom is -0.396 e. The lowest BCUT2D eigenvalue weighted by atomic mass is 10.00. The molecule has 1 unspecified atom stereocenters. The molecule has 0 fully saturated rings. The van der Waals surface area contributed by atoms with Crippen molar-refractivity contribution in [3.8, 4) is 0 Å². The van der Waals surface area contributed by atoms with Gasteiger partial charge in [-0.25, -0.2) is 0 Å². The van der Waals surface area contributed by atoms with Gasteiger partial charge in [0.15, 0.2) is 0 Å². The van der Waals surface area contributed by atoms with E-state index in [1.807, 2.05) is 20.0 Å². The summed E-state index contributed by atoms with van der Waals surface area (Å²) in [6, 6.07) is 8.33. The van der Waals surface area contributed by atoms with Crippen LogP contribution in [0.1, 0.15) is 18.4 Å². The third kappa shape index (κ3) is 1.32. The van der Waals surface area contributed by atoms with Crippen LogP contribution in [0.2, 0.25) is 0 Å². The van der Waals surface area contributed by atoms with Crippen LogP contribution in [0.15, 0.2) is 30.5 Å². The maximum Gasteiger partial charge on any atom is 0.0513 e. The molecule has 14 heavy (non-hydrogen) atoms. The first kappa shape index (κ1) is 9.28. The van der Waals surface area contributed by atoms with Crippen molar-refractivity contribution in [3.05, 3.63) is 36.0 Å². The van der Waals surface area contributed by atoms with Crippen LogP contribution in [-0.4, -0.2) is 16.3 Å². The van der Waals surface area contributed by atoms with Gasteiger partial charge in [-0.2, -0.15) is 0 Å². The summed E-state index contributed by atoms with van der Waals surface area (Å²) in [7, 11) is 2.04. The zero-order chi connectivity index (χ0) is 10.1. The highest BCUT2D eigenvalue weighted by atomic mass is 16.3. The third-order valence-electron chi connectivity index (χ3n) is 2.73. The first-order chi connectivity index (χ1) is 6.74. The summed E-state index contributed by atoms with van der Waals surface area (Å²) in [6.45, 7) is 2.24. The van der Waals surface area contributed by atoms with Crippen molar-refractivity contribution in [3.63, 3.8) is 0 Å². The first-order valence-corrected chi connectivity index (χ1v) is 4.89. The Balaban J connectivity index is 2.69. The molecule has 74 valence electrons. The number of hydrogen-bond acceptors (Lipinski definition) is 1. The number of benzene rings is 1. The topological polar surface area (TPSA) is 25.2 Å². The van der Waals surface area contributed by atoms with E-state index in [9.17, 15) is 0 Å². The Morgan fingerprint density at radius 2 is 2.14 bits per heavy atom. The van der Waals surface area contributed by atoms with Crippen LogP contribution >= 0.6 is 0 Å². The molecule has 1 aromatic heterocycles. The number of aliphatic hydroxyl groups is 1. The molecular weight excluding hydrogens is 174 g/mol. The van der Waals surface area contributed by atoms with E-state index in [2.05, 4.69) is 29.0 Å². The van der Waals surface area contributed by atoms with Gasteiger partial charge in [-0.05, 0) is 17.0 Å². The van der Waals surface area contributed by atoms with Crippen LogP contribution in [0.3, 0.4) is 0 Å². The lowest BCUT2D eigenvalue weighted by Crippen LogP contribution is -2.01. The van der Waals surface area contributed by atoms with E-state index in [4.69, 9.17) is 5.11 Å². The van der Waals surface area contributed by atoms with E-state index in [0.29, 0.717) is 0 Å². The van der Waals surface area contributed by atoms with Crippen LogP contribution in [0.5, 0.6) is 0 Å². The predicted octanol–water partition coefficient (Wildman–Crippen LogP) is 2.27. The number of rotatable bonds is 2. The molecular formula is C12H15NO. The number of para-hydroxylation sites is 1. The Morgan fingerprint density at radius 3 is 2.86 bits per heavy atom. The predicted molar refractivity (Wildman–Crippen MR) is 58.4 cm³/mol. The highest BCUT2D eigenvalue weighted by molar-refractivity contribution is 5.83. The van der Waals surface area contributed by atoms with Gasteiger partial charge in [0.05, 0.1) is 5.52 Å². The second-order valence-corrected chi connectivity index (χ2v) is 3.80. The van der Waals surface area contributed by atoms with Gasteiger partial charge >= 0.3 is 0 Å². The molecule has 1 N–H and O–H groups in total. The molecule has 0 radical (unpaired) electrons. The molecule has 2 heteroatoms. The maximum atomic E-state index is 9.17. The fourth-order valence-electron chi connectivity index (χ4n) is 1.88. The minimum atomic E-state index is 0.199. The number of nitrogens with zero attached hydrogens (tertiary/aromatic N) is 1. The minimum absolute atomic E-state index is 0.199. The van der Waals surface area contributed by atoms with Crippen molar-refractivity contribution >= 4 is 10.9 Å². The summed E-state index contributed by atoms with van der Waals surface area (Å²) in [6.07, 6.45) is 2.05. The summed E-state index contributed by atoms with van der Waals surface area (Å²) < 4.78 is 2.11. The normalized spacial score (nSPS) is 13.4. The van der Waals surface area contributed by atoms with Crippen molar-refractivity contribution in [1.29, 1.82) is 0 Å². The molecule has 0 aliphatic rings. The zero-order valence-electron chi connectivity index (χ0n) is 8.57. The van der Waals surface area contributed by atoms with Crippen molar-refractivity contribution in [2.45, 2.75) is 12.8 Å². The Labute approximate surface area is 83.8 Å². The lowest BCUT2D eigenvalue weighted by molar-refractivity contribution is 0.273.